The third-order valence-corrected chi connectivity index (χ3v) is 4.21. The van der Waals surface area contributed by atoms with E-state index in [4.69, 9.17) is 28.9 Å². The lowest BCUT2D eigenvalue weighted by molar-refractivity contribution is 0.805. The summed E-state index contributed by atoms with van der Waals surface area (Å²) in [5, 5.41) is 1.07. The van der Waals surface area contributed by atoms with Gasteiger partial charge in [0.15, 0.2) is 0 Å². The average molecular weight is 332 g/mol. The lowest BCUT2D eigenvalue weighted by atomic mass is 10.1. The Kier molecular flexibility index (Phi) is 4.48. The van der Waals surface area contributed by atoms with E-state index in [1.807, 2.05) is 30.5 Å². The molecule has 22 heavy (non-hydrogen) atoms. The molecular formula is C17H15Cl2N3. The summed E-state index contributed by atoms with van der Waals surface area (Å²) in [5.41, 5.74) is 8.94. The Bertz CT molecular complexity index is 796. The molecule has 3 aromatic rings. The minimum Gasteiger partial charge on any atom is -0.327 e. The van der Waals surface area contributed by atoms with Crippen molar-refractivity contribution in [3.8, 4) is 11.4 Å². The van der Waals surface area contributed by atoms with Crippen LogP contribution < -0.4 is 5.73 Å². The van der Waals surface area contributed by atoms with Crippen molar-refractivity contribution < 1.29 is 0 Å². The molecule has 0 unspecified atom stereocenters. The zero-order valence-corrected chi connectivity index (χ0v) is 13.3. The van der Waals surface area contributed by atoms with Crippen molar-refractivity contribution in [2.75, 3.05) is 0 Å². The molecule has 1 aromatic heterocycles. The minimum absolute atomic E-state index is 0.527. The molecule has 0 fully saturated rings. The summed E-state index contributed by atoms with van der Waals surface area (Å²) in [6.07, 6.45) is 3.73. The summed E-state index contributed by atoms with van der Waals surface area (Å²) in [5.74, 6) is 0.858. The second-order valence-electron chi connectivity index (χ2n) is 5.03. The Balaban J connectivity index is 1.93. The molecule has 3 rings (SSSR count). The van der Waals surface area contributed by atoms with Gasteiger partial charge in [-0.15, -0.1) is 0 Å². The molecule has 0 saturated carbocycles. The molecule has 1 heterocycles. The lowest BCUT2D eigenvalue weighted by Crippen LogP contribution is -2.03. The molecule has 2 N–H and O–H groups in total. The molecule has 0 aliphatic heterocycles. The number of nitrogens with zero attached hydrogens (tertiary/aromatic N) is 2. The number of hydrogen-bond acceptors (Lipinski definition) is 2. The van der Waals surface area contributed by atoms with E-state index >= 15 is 0 Å². The van der Waals surface area contributed by atoms with Crippen LogP contribution in [-0.4, -0.2) is 9.55 Å². The number of aromatic nitrogens is 2. The maximum absolute atomic E-state index is 6.10. The van der Waals surface area contributed by atoms with E-state index in [0.717, 1.165) is 23.5 Å². The second-order valence-corrected chi connectivity index (χ2v) is 5.85. The second kappa shape index (κ2) is 6.53. The van der Waals surface area contributed by atoms with E-state index in [9.17, 15) is 0 Å². The van der Waals surface area contributed by atoms with Crippen LogP contribution in [0.2, 0.25) is 10.0 Å². The molecule has 0 spiro atoms. The van der Waals surface area contributed by atoms with Crippen molar-refractivity contribution in [1.29, 1.82) is 0 Å². The molecule has 5 heteroatoms. The highest BCUT2D eigenvalue weighted by molar-refractivity contribution is 6.42. The maximum Gasteiger partial charge on any atom is 0.140 e. The summed E-state index contributed by atoms with van der Waals surface area (Å²) in [6, 6.07) is 13.8. The summed E-state index contributed by atoms with van der Waals surface area (Å²) in [4.78, 5) is 4.43. The lowest BCUT2D eigenvalue weighted by Gasteiger charge is -2.10. The zero-order valence-electron chi connectivity index (χ0n) is 11.8. The number of benzene rings is 2. The first-order chi connectivity index (χ1) is 10.7. The van der Waals surface area contributed by atoms with Gasteiger partial charge in [0.25, 0.3) is 0 Å². The van der Waals surface area contributed by atoms with Gasteiger partial charge in [0.2, 0.25) is 0 Å². The third kappa shape index (κ3) is 3.17. The summed E-state index contributed by atoms with van der Waals surface area (Å²) in [7, 11) is 0. The average Bonchev–Trinajstić information content (AvgIpc) is 2.98. The monoisotopic (exact) mass is 331 g/mol. The SMILES string of the molecule is NCc1cccc(Cn2ccnc2-c2ccc(Cl)c(Cl)c2)c1. The molecule has 3 nitrogen and oxygen atoms in total. The number of imidazole rings is 1. The van der Waals surface area contributed by atoms with Crippen LogP contribution in [0.5, 0.6) is 0 Å². The van der Waals surface area contributed by atoms with Crippen LogP contribution in [0.15, 0.2) is 54.9 Å². The van der Waals surface area contributed by atoms with Crippen LogP contribution in [0, 0.1) is 0 Å². The van der Waals surface area contributed by atoms with Crippen molar-refractivity contribution in [1.82, 2.24) is 9.55 Å². The van der Waals surface area contributed by atoms with Crippen LogP contribution in [0.4, 0.5) is 0 Å². The third-order valence-electron chi connectivity index (χ3n) is 3.47. The van der Waals surface area contributed by atoms with Gasteiger partial charge < -0.3 is 10.3 Å². The molecule has 0 bridgehead atoms. The van der Waals surface area contributed by atoms with Gasteiger partial charge in [-0.25, -0.2) is 4.98 Å². The standard InChI is InChI=1S/C17H15Cl2N3/c18-15-5-4-14(9-16(15)19)17-21-6-7-22(17)11-13-3-1-2-12(8-13)10-20/h1-9H,10-11,20H2. The van der Waals surface area contributed by atoms with Crippen LogP contribution in [-0.2, 0) is 13.1 Å². The first kappa shape index (κ1) is 15.1. The summed E-state index contributed by atoms with van der Waals surface area (Å²) < 4.78 is 2.08. The zero-order chi connectivity index (χ0) is 15.5. The molecule has 0 atom stereocenters. The van der Waals surface area contributed by atoms with E-state index in [1.165, 1.54) is 5.56 Å². The van der Waals surface area contributed by atoms with Gasteiger partial charge in [0.05, 0.1) is 10.0 Å². The summed E-state index contributed by atoms with van der Waals surface area (Å²) >= 11 is 12.1. The highest BCUT2D eigenvalue weighted by atomic mass is 35.5. The Labute approximate surface area is 139 Å². The van der Waals surface area contributed by atoms with E-state index in [2.05, 4.69) is 21.7 Å². The van der Waals surface area contributed by atoms with Crippen molar-refractivity contribution in [3.05, 3.63) is 76.0 Å². The number of halogens is 2. The van der Waals surface area contributed by atoms with E-state index in [0.29, 0.717) is 16.6 Å². The van der Waals surface area contributed by atoms with Crippen LogP contribution in [0.3, 0.4) is 0 Å². The van der Waals surface area contributed by atoms with Crippen LogP contribution in [0.1, 0.15) is 11.1 Å². The van der Waals surface area contributed by atoms with Crippen molar-refractivity contribution in [2.45, 2.75) is 13.1 Å². The van der Waals surface area contributed by atoms with Crippen molar-refractivity contribution in [2.24, 2.45) is 5.73 Å². The smallest absolute Gasteiger partial charge is 0.140 e. The molecule has 0 aliphatic carbocycles. The van der Waals surface area contributed by atoms with Gasteiger partial charge in [-0.1, -0.05) is 47.5 Å². The number of nitrogens with two attached hydrogens (primary N) is 1. The molecule has 0 saturated heterocycles. The quantitative estimate of drug-likeness (QED) is 0.771. The van der Waals surface area contributed by atoms with Gasteiger partial charge in [-0.2, -0.15) is 0 Å². The summed E-state index contributed by atoms with van der Waals surface area (Å²) in [6.45, 7) is 1.26. The molecule has 112 valence electrons. The maximum atomic E-state index is 6.10. The van der Waals surface area contributed by atoms with Gasteiger partial charge in [0.1, 0.15) is 5.82 Å². The van der Waals surface area contributed by atoms with Gasteiger partial charge in [-0.05, 0) is 29.3 Å². The Hall–Kier alpha value is -1.81. The topological polar surface area (TPSA) is 43.8 Å². The number of hydrogen-bond donors (Lipinski definition) is 1. The largest absolute Gasteiger partial charge is 0.327 e. The first-order valence-corrected chi connectivity index (χ1v) is 7.67. The van der Waals surface area contributed by atoms with Gasteiger partial charge in [-0.3, -0.25) is 0 Å². The van der Waals surface area contributed by atoms with E-state index in [1.54, 1.807) is 12.3 Å². The van der Waals surface area contributed by atoms with E-state index in [-0.39, 0.29) is 0 Å². The normalized spacial score (nSPS) is 10.9. The fourth-order valence-electron chi connectivity index (χ4n) is 2.38. The van der Waals surface area contributed by atoms with Crippen molar-refractivity contribution >= 4 is 23.2 Å². The van der Waals surface area contributed by atoms with Crippen molar-refractivity contribution in [3.63, 3.8) is 0 Å². The Morgan fingerprint density at radius 2 is 1.82 bits per heavy atom. The molecule has 0 radical (unpaired) electrons. The first-order valence-electron chi connectivity index (χ1n) is 6.92. The van der Waals surface area contributed by atoms with Gasteiger partial charge >= 0.3 is 0 Å². The minimum atomic E-state index is 0.527. The predicted octanol–water partition coefficient (Wildman–Crippen LogP) is 4.36. The molecular weight excluding hydrogens is 317 g/mol. The van der Waals surface area contributed by atoms with Crippen LogP contribution in [0.25, 0.3) is 11.4 Å². The Morgan fingerprint density at radius 1 is 1.00 bits per heavy atom. The highest BCUT2D eigenvalue weighted by Gasteiger charge is 2.09. The fraction of sp³-hybridized carbons (Fsp3) is 0.118. The highest BCUT2D eigenvalue weighted by Crippen LogP contribution is 2.28. The predicted molar refractivity (Wildman–Crippen MR) is 91.1 cm³/mol. The Morgan fingerprint density at radius 3 is 2.59 bits per heavy atom. The fourth-order valence-corrected chi connectivity index (χ4v) is 2.68. The molecule has 0 amide bonds. The van der Waals surface area contributed by atoms with Gasteiger partial charge in [0, 0.05) is 31.0 Å². The molecule has 0 aliphatic rings. The van der Waals surface area contributed by atoms with E-state index < -0.39 is 0 Å². The van der Waals surface area contributed by atoms with Crippen LogP contribution >= 0.6 is 23.2 Å². The number of rotatable bonds is 4. The molecule has 2 aromatic carbocycles.